The van der Waals surface area contributed by atoms with Gasteiger partial charge < -0.3 is 9.88 Å². The molecule has 1 atom stereocenters. The van der Waals surface area contributed by atoms with Crippen LogP contribution < -0.4 is 10.9 Å². The van der Waals surface area contributed by atoms with Gasteiger partial charge in [0.25, 0.3) is 5.91 Å². The van der Waals surface area contributed by atoms with E-state index in [1.54, 1.807) is 18.2 Å². The molecule has 0 saturated carbocycles. The van der Waals surface area contributed by atoms with Crippen LogP contribution >= 0.6 is 23.2 Å². The van der Waals surface area contributed by atoms with Crippen molar-refractivity contribution in [2.45, 2.75) is 6.04 Å². The lowest BCUT2D eigenvalue weighted by Crippen LogP contribution is -2.31. The molecule has 3 aromatic rings. The predicted octanol–water partition coefficient (Wildman–Crippen LogP) is 3.75. The van der Waals surface area contributed by atoms with E-state index in [0.717, 1.165) is 0 Å². The number of nitrogens with one attached hydrogen (secondary N) is 1. The molecule has 1 aromatic carbocycles. The highest BCUT2D eigenvalue weighted by molar-refractivity contribution is 6.42. The van der Waals surface area contributed by atoms with Gasteiger partial charge in [0, 0.05) is 25.5 Å². The van der Waals surface area contributed by atoms with Crippen LogP contribution in [0.5, 0.6) is 0 Å². The third-order valence-corrected chi connectivity index (χ3v) is 4.70. The Morgan fingerprint density at radius 1 is 1.19 bits per heavy atom. The highest BCUT2D eigenvalue weighted by Gasteiger charge is 2.23. The number of hydrogen-bond acceptors (Lipinski definition) is 3. The van der Waals surface area contributed by atoms with E-state index >= 15 is 0 Å². The van der Waals surface area contributed by atoms with Gasteiger partial charge in [-0.15, -0.1) is 0 Å². The van der Waals surface area contributed by atoms with Crippen molar-refractivity contribution in [3.05, 3.63) is 97.9 Å². The van der Waals surface area contributed by atoms with Crippen LogP contribution in [-0.4, -0.2) is 15.5 Å². The number of amides is 1. The van der Waals surface area contributed by atoms with E-state index in [1.807, 2.05) is 0 Å². The van der Waals surface area contributed by atoms with Crippen molar-refractivity contribution in [3.63, 3.8) is 0 Å². The maximum Gasteiger partial charge on any atom is 0.253 e. The molecule has 1 unspecified atom stereocenters. The van der Waals surface area contributed by atoms with Crippen molar-refractivity contribution in [3.8, 4) is 0 Å². The molecule has 0 fully saturated rings. The van der Waals surface area contributed by atoms with Gasteiger partial charge in [-0.25, -0.2) is 4.39 Å². The summed E-state index contributed by atoms with van der Waals surface area (Å²) in [6.07, 6.45) is 2.83. The van der Waals surface area contributed by atoms with Gasteiger partial charge in [-0.1, -0.05) is 29.3 Å². The van der Waals surface area contributed by atoms with Crippen LogP contribution in [0.25, 0.3) is 0 Å². The van der Waals surface area contributed by atoms with E-state index in [2.05, 4.69) is 10.3 Å². The van der Waals surface area contributed by atoms with Crippen LogP contribution in [-0.2, 0) is 7.05 Å². The molecule has 138 valence electrons. The second-order valence-electron chi connectivity index (χ2n) is 5.82. The van der Waals surface area contributed by atoms with E-state index < -0.39 is 17.8 Å². The third kappa shape index (κ3) is 4.18. The van der Waals surface area contributed by atoms with Gasteiger partial charge in [0.2, 0.25) is 5.56 Å². The number of hydrogen-bond donors (Lipinski definition) is 1. The topological polar surface area (TPSA) is 64.0 Å². The smallest absolute Gasteiger partial charge is 0.253 e. The molecule has 1 N–H and O–H groups in total. The molecule has 8 heteroatoms. The SMILES string of the molecule is Cn1cc(C(=O)NC(c2ccc(Cl)c(Cl)c2)c2ncccc2F)ccc1=O. The third-order valence-electron chi connectivity index (χ3n) is 3.96. The predicted molar refractivity (Wildman–Crippen MR) is 102 cm³/mol. The zero-order chi connectivity index (χ0) is 19.6. The summed E-state index contributed by atoms with van der Waals surface area (Å²) in [4.78, 5) is 28.3. The van der Waals surface area contributed by atoms with E-state index in [9.17, 15) is 14.0 Å². The summed E-state index contributed by atoms with van der Waals surface area (Å²) >= 11 is 12.0. The van der Waals surface area contributed by atoms with E-state index in [0.29, 0.717) is 10.6 Å². The first-order valence-electron chi connectivity index (χ1n) is 7.89. The van der Waals surface area contributed by atoms with Crippen molar-refractivity contribution >= 4 is 29.1 Å². The molecule has 0 spiro atoms. The van der Waals surface area contributed by atoms with Crippen LogP contribution in [0.15, 0.2) is 59.7 Å². The van der Waals surface area contributed by atoms with Gasteiger partial charge in [-0.2, -0.15) is 0 Å². The lowest BCUT2D eigenvalue weighted by atomic mass is 10.0. The number of halogens is 3. The number of benzene rings is 1. The molecule has 0 bridgehead atoms. The molecule has 0 saturated heterocycles. The van der Waals surface area contributed by atoms with E-state index in [1.165, 1.54) is 48.3 Å². The average molecular weight is 406 g/mol. The van der Waals surface area contributed by atoms with Crippen LogP contribution in [0, 0.1) is 5.82 Å². The van der Waals surface area contributed by atoms with Gasteiger partial charge in [-0.3, -0.25) is 14.6 Å². The molecule has 2 aromatic heterocycles. The quantitative estimate of drug-likeness (QED) is 0.718. The Bertz CT molecular complexity index is 1070. The first kappa shape index (κ1) is 19.1. The summed E-state index contributed by atoms with van der Waals surface area (Å²) in [6.45, 7) is 0. The molecule has 0 aliphatic rings. The van der Waals surface area contributed by atoms with Crippen molar-refractivity contribution in [2.75, 3.05) is 0 Å². The largest absolute Gasteiger partial charge is 0.339 e. The second kappa shape index (κ2) is 7.90. The van der Waals surface area contributed by atoms with E-state index in [4.69, 9.17) is 23.2 Å². The summed E-state index contributed by atoms with van der Waals surface area (Å²) < 4.78 is 15.6. The molecule has 0 aliphatic heterocycles. The molecular weight excluding hydrogens is 392 g/mol. The Morgan fingerprint density at radius 2 is 1.96 bits per heavy atom. The Kier molecular flexibility index (Phi) is 5.58. The fourth-order valence-electron chi connectivity index (χ4n) is 2.55. The number of carbonyl (C=O) groups is 1. The van der Waals surface area contributed by atoms with Crippen molar-refractivity contribution < 1.29 is 9.18 Å². The number of pyridine rings is 2. The Labute approximate surface area is 164 Å². The summed E-state index contributed by atoms with van der Waals surface area (Å²) in [7, 11) is 1.54. The average Bonchev–Trinajstić information content (AvgIpc) is 2.65. The van der Waals surface area contributed by atoms with Crippen LogP contribution in [0.2, 0.25) is 10.0 Å². The summed E-state index contributed by atoms with van der Waals surface area (Å²) in [5.74, 6) is -1.07. The summed E-state index contributed by atoms with van der Waals surface area (Å²) in [5.41, 5.74) is 0.552. The highest BCUT2D eigenvalue weighted by atomic mass is 35.5. The first-order chi connectivity index (χ1) is 12.9. The summed E-state index contributed by atoms with van der Waals surface area (Å²) in [5, 5.41) is 3.35. The summed E-state index contributed by atoms with van der Waals surface area (Å²) in [6, 6.07) is 9.24. The Morgan fingerprint density at radius 3 is 2.63 bits per heavy atom. The Hall–Kier alpha value is -2.70. The lowest BCUT2D eigenvalue weighted by Gasteiger charge is -2.20. The fraction of sp³-hybridized carbons (Fsp3) is 0.105. The van der Waals surface area contributed by atoms with Crippen LogP contribution in [0.1, 0.15) is 27.7 Å². The number of aromatic nitrogens is 2. The lowest BCUT2D eigenvalue weighted by molar-refractivity contribution is 0.0941. The van der Waals surface area contributed by atoms with Gasteiger partial charge in [0.1, 0.15) is 11.5 Å². The van der Waals surface area contributed by atoms with Crippen LogP contribution in [0.3, 0.4) is 0 Å². The van der Waals surface area contributed by atoms with E-state index in [-0.39, 0.29) is 21.8 Å². The first-order valence-corrected chi connectivity index (χ1v) is 8.65. The minimum atomic E-state index is -0.897. The fourth-order valence-corrected chi connectivity index (χ4v) is 2.86. The molecule has 0 aliphatic carbocycles. The molecule has 0 radical (unpaired) electrons. The number of carbonyl (C=O) groups excluding carboxylic acids is 1. The van der Waals surface area contributed by atoms with Gasteiger partial charge in [0.05, 0.1) is 21.7 Å². The zero-order valence-electron chi connectivity index (χ0n) is 14.1. The van der Waals surface area contributed by atoms with Gasteiger partial charge in [-0.05, 0) is 35.9 Å². The molecule has 2 heterocycles. The van der Waals surface area contributed by atoms with Gasteiger partial charge >= 0.3 is 0 Å². The zero-order valence-corrected chi connectivity index (χ0v) is 15.6. The van der Waals surface area contributed by atoms with Crippen molar-refractivity contribution in [1.29, 1.82) is 0 Å². The van der Waals surface area contributed by atoms with Gasteiger partial charge in [0.15, 0.2) is 0 Å². The second-order valence-corrected chi connectivity index (χ2v) is 6.63. The molecule has 1 amide bonds. The van der Waals surface area contributed by atoms with Crippen molar-refractivity contribution in [1.82, 2.24) is 14.9 Å². The highest BCUT2D eigenvalue weighted by Crippen LogP contribution is 2.29. The number of nitrogens with zero attached hydrogens (tertiary/aromatic N) is 2. The normalized spacial score (nSPS) is 11.9. The monoisotopic (exact) mass is 405 g/mol. The number of rotatable bonds is 4. The maximum absolute atomic E-state index is 14.4. The minimum absolute atomic E-state index is 0.0362. The minimum Gasteiger partial charge on any atom is -0.339 e. The van der Waals surface area contributed by atoms with Crippen LogP contribution in [0.4, 0.5) is 4.39 Å². The number of aryl methyl sites for hydroxylation is 1. The molecular formula is C19H14Cl2FN3O2. The molecule has 5 nitrogen and oxygen atoms in total. The molecule has 27 heavy (non-hydrogen) atoms. The Balaban J connectivity index is 2.03. The standard InChI is InChI=1S/C19H14Cl2FN3O2/c1-25-10-12(5-7-16(25)26)19(27)24-17(18-15(22)3-2-8-23-18)11-4-6-13(20)14(21)9-11/h2-10,17H,1H3,(H,24,27). The molecule has 3 rings (SSSR count). The maximum atomic E-state index is 14.4. The van der Waals surface area contributed by atoms with Crippen molar-refractivity contribution in [2.24, 2.45) is 7.05 Å².